The molecule has 3 nitrogen and oxygen atoms in total. The summed E-state index contributed by atoms with van der Waals surface area (Å²) in [6.07, 6.45) is 2.30. The predicted molar refractivity (Wildman–Crippen MR) is 112 cm³/mol. The van der Waals surface area contributed by atoms with E-state index in [2.05, 4.69) is 82.6 Å². The maximum Gasteiger partial charge on any atom is 0.191 e. The summed E-state index contributed by atoms with van der Waals surface area (Å²) in [5.74, 6) is 1.84. The summed E-state index contributed by atoms with van der Waals surface area (Å²) in [6, 6.07) is 17.3. The van der Waals surface area contributed by atoms with Crippen molar-refractivity contribution in [1.29, 1.82) is 0 Å². The number of aromatic nitrogens is 3. The molecule has 0 spiro atoms. The Hall–Kier alpha value is -2.11. The van der Waals surface area contributed by atoms with E-state index in [4.69, 9.17) is 0 Å². The molecule has 0 N–H and O–H groups in total. The van der Waals surface area contributed by atoms with E-state index in [9.17, 15) is 0 Å². The number of thiophene rings is 1. The first-order valence-corrected chi connectivity index (χ1v) is 10.7. The third-order valence-electron chi connectivity index (χ3n) is 4.48. The predicted octanol–water partition coefficient (Wildman–Crippen LogP) is 5.94. The van der Waals surface area contributed by atoms with Crippen molar-refractivity contribution in [2.24, 2.45) is 7.05 Å². The topological polar surface area (TPSA) is 30.7 Å². The molecule has 2 aromatic heterocycles. The molecule has 0 fully saturated rings. The molecule has 0 aliphatic rings. The SMILES string of the molecule is CCCc1cc(-c2nnc(SCc3cccc4ccccc34)n2C)cs1. The van der Waals surface area contributed by atoms with Crippen LogP contribution in [0.4, 0.5) is 0 Å². The van der Waals surface area contributed by atoms with Gasteiger partial charge in [0.15, 0.2) is 11.0 Å². The zero-order chi connectivity index (χ0) is 17.9. The fraction of sp³-hybridized carbons (Fsp3) is 0.238. The van der Waals surface area contributed by atoms with Gasteiger partial charge in [-0.25, -0.2) is 0 Å². The third-order valence-corrected chi connectivity index (χ3v) is 6.55. The standard InChI is InChI=1S/C21H21N3S2/c1-3-7-18-12-17(14-25-18)20-22-23-21(24(20)2)26-13-16-10-6-9-15-8-4-5-11-19(15)16/h4-6,8-12,14H,3,7,13H2,1-2H3. The summed E-state index contributed by atoms with van der Waals surface area (Å²) >= 11 is 3.55. The van der Waals surface area contributed by atoms with Gasteiger partial charge in [-0.3, -0.25) is 0 Å². The molecule has 0 saturated carbocycles. The van der Waals surface area contributed by atoms with E-state index in [0.29, 0.717) is 0 Å². The van der Waals surface area contributed by atoms with Gasteiger partial charge < -0.3 is 4.57 Å². The number of hydrogen-bond acceptors (Lipinski definition) is 4. The third kappa shape index (κ3) is 3.41. The van der Waals surface area contributed by atoms with Crippen LogP contribution in [0.5, 0.6) is 0 Å². The lowest BCUT2D eigenvalue weighted by molar-refractivity contribution is 0.794. The highest BCUT2D eigenvalue weighted by molar-refractivity contribution is 7.98. The van der Waals surface area contributed by atoms with Crippen LogP contribution in [0.3, 0.4) is 0 Å². The highest BCUT2D eigenvalue weighted by atomic mass is 32.2. The van der Waals surface area contributed by atoms with Crippen LogP contribution >= 0.6 is 23.1 Å². The fourth-order valence-electron chi connectivity index (χ4n) is 3.13. The van der Waals surface area contributed by atoms with Gasteiger partial charge in [0.05, 0.1) is 0 Å². The molecule has 0 bridgehead atoms. The molecule has 0 aliphatic heterocycles. The van der Waals surface area contributed by atoms with Gasteiger partial charge >= 0.3 is 0 Å². The van der Waals surface area contributed by atoms with Crippen LogP contribution in [0.2, 0.25) is 0 Å². The number of hydrogen-bond donors (Lipinski definition) is 0. The summed E-state index contributed by atoms with van der Waals surface area (Å²) in [5, 5.41) is 14.6. The van der Waals surface area contributed by atoms with Crippen LogP contribution in [-0.4, -0.2) is 14.8 Å². The van der Waals surface area contributed by atoms with E-state index in [1.54, 1.807) is 11.8 Å². The molecule has 0 amide bonds. The second kappa shape index (κ2) is 7.64. The Morgan fingerprint density at radius 1 is 1.08 bits per heavy atom. The van der Waals surface area contributed by atoms with Gasteiger partial charge in [-0.2, -0.15) is 0 Å². The molecule has 132 valence electrons. The van der Waals surface area contributed by atoms with Crippen molar-refractivity contribution in [3.05, 3.63) is 64.4 Å². The van der Waals surface area contributed by atoms with Crippen LogP contribution < -0.4 is 0 Å². The minimum absolute atomic E-state index is 0.887. The van der Waals surface area contributed by atoms with Crippen molar-refractivity contribution in [2.45, 2.75) is 30.7 Å². The first-order chi connectivity index (χ1) is 12.8. The van der Waals surface area contributed by atoms with Crippen molar-refractivity contribution < 1.29 is 0 Å². The van der Waals surface area contributed by atoms with Crippen LogP contribution in [0.15, 0.2) is 59.1 Å². The van der Waals surface area contributed by atoms with Gasteiger partial charge in [-0.15, -0.1) is 21.5 Å². The molecule has 0 radical (unpaired) electrons. The lowest BCUT2D eigenvalue weighted by atomic mass is 10.1. The number of aryl methyl sites for hydroxylation is 1. The van der Waals surface area contributed by atoms with Gasteiger partial charge in [0.1, 0.15) is 0 Å². The summed E-state index contributed by atoms with van der Waals surface area (Å²) in [6.45, 7) is 2.21. The molecule has 2 aromatic carbocycles. The Morgan fingerprint density at radius 2 is 1.92 bits per heavy atom. The Balaban J connectivity index is 1.55. The van der Waals surface area contributed by atoms with Crippen LogP contribution in [0.25, 0.3) is 22.2 Å². The molecule has 0 aliphatic carbocycles. The normalized spacial score (nSPS) is 11.3. The first-order valence-electron chi connectivity index (χ1n) is 8.83. The van der Waals surface area contributed by atoms with E-state index < -0.39 is 0 Å². The second-order valence-electron chi connectivity index (χ2n) is 6.34. The van der Waals surface area contributed by atoms with E-state index in [1.165, 1.54) is 33.2 Å². The van der Waals surface area contributed by atoms with Crippen molar-refractivity contribution in [2.75, 3.05) is 0 Å². The van der Waals surface area contributed by atoms with Gasteiger partial charge in [0.25, 0.3) is 0 Å². The number of benzene rings is 2. The summed E-state index contributed by atoms with van der Waals surface area (Å²) in [7, 11) is 2.05. The molecule has 0 atom stereocenters. The van der Waals surface area contributed by atoms with Crippen LogP contribution in [0.1, 0.15) is 23.8 Å². The van der Waals surface area contributed by atoms with Gasteiger partial charge in [0, 0.05) is 28.6 Å². The number of rotatable bonds is 6. The minimum atomic E-state index is 0.887. The van der Waals surface area contributed by atoms with E-state index in [1.807, 2.05) is 11.3 Å². The van der Waals surface area contributed by atoms with Crippen molar-refractivity contribution in [3.63, 3.8) is 0 Å². The maximum atomic E-state index is 4.43. The number of nitrogens with zero attached hydrogens (tertiary/aromatic N) is 3. The summed E-state index contributed by atoms with van der Waals surface area (Å²) < 4.78 is 2.10. The zero-order valence-electron chi connectivity index (χ0n) is 15.0. The highest BCUT2D eigenvalue weighted by Gasteiger charge is 2.13. The van der Waals surface area contributed by atoms with Gasteiger partial charge in [-0.05, 0) is 28.8 Å². The Morgan fingerprint density at radius 3 is 2.81 bits per heavy atom. The molecular weight excluding hydrogens is 358 g/mol. The fourth-order valence-corrected chi connectivity index (χ4v) is 5.01. The summed E-state index contributed by atoms with van der Waals surface area (Å²) in [4.78, 5) is 1.41. The number of fused-ring (bicyclic) bond motifs is 1. The molecular formula is C21H21N3S2. The Bertz CT molecular complexity index is 1030. The molecule has 4 rings (SSSR count). The number of thioether (sulfide) groups is 1. The molecule has 4 aromatic rings. The van der Waals surface area contributed by atoms with Crippen molar-refractivity contribution >= 4 is 33.9 Å². The minimum Gasteiger partial charge on any atom is -0.305 e. The lowest BCUT2D eigenvalue weighted by Gasteiger charge is -2.06. The molecule has 0 unspecified atom stereocenters. The smallest absolute Gasteiger partial charge is 0.191 e. The van der Waals surface area contributed by atoms with E-state index >= 15 is 0 Å². The monoisotopic (exact) mass is 379 g/mol. The van der Waals surface area contributed by atoms with Crippen LogP contribution in [-0.2, 0) is 19.2 Å². The lowest BCUT2D eigenvalue weighted by Crippen LogP contribution is -1.94. The average molecular weight is 380 g/mol. The van der Waals surface area contributed by atoms with Crippen molar-refractivity contribution in [1.82, 2.24) is 14.8 Å². The second-order valence-corrected chi connectivity index (χ2v) is 8.28. The van der Waals surface area contributed by atoms with Crippen molar-refractivity contribution in [3.8, 4) is 11.4 Å². The molecule has 2 heterocycles. The zero-order valence-corrected chi connectivity index (χ0v) is 16.6. The molecule has 26 heavy (non-hydrogen) atoms. The largest absolute Gasteiger partial charge is 0.305 e. The Labute approximate surface area is 162 Å². The highest BCUT2D eigenvalue weighted by Crippen LogP contribution is 2.30. The van der Waals surface area contributed by atoms with Crippen LogP contribution in [0, 0.1) is 0 Å². The first kappa shape index (κ1) is 17.3. The summed E-state index contributed by atoms with van der Waals surface area (Å²) in [5.41, 5.74) is 2.50. The maximum absolute atomic E-state index is 4.43. The van der Waals surface area contributed by atoms with Gasteiger partial charge in [0.2, 0.25) is 0 Å². The van der Waals surface area contributed by atoms with E-state index in [0.717, 1.165) is 23.2 Å². The quantitative estimate of drug-likeness (QED) is 0.388. The average Bonchev–Trinajstić information content (AvgIpc) is 3.27. The van der Waals surface area contributed by atoms with Gasteiger partial charge in [-0.1, -0.05) is 67.6 Å². The molecule has 0 saturated heterocycles. The Kier molecular flexibility index (Phi) is 5.09. The molecule has 5 heteroatoms. The van der Waals surface area contributed by atoms with E-state index in [-0.39, 0.29) is 0 Å².